The molecule has 5 aromatic rings. The molecule has 0 spiro atoms. The highest BCUT2D eigenvalue weighted by Gasteiger charge is 2.16. The molecule has 40 heavy (non-hydrogen) atoms. The molecule has 2 N–H and O–H groups in total. The van der Waals surface area contributed by atoms with Gasteiger partial charge in [0, 0.05) is 45.3 Å². The largest absolute Gasteiger partial charge is 0.355 e. The molecule has 0 fully saturated rings. The molecule has 2 aliphatic heterocycles. The Morgan fingerprint density at radius 2 is 0.875 bits per heavy atom. The van der Waals surface area contributed by atoms with Gasteiger partial charge in [-0.3, -0.25) is 0 Å². The molecule has 0 aliphatic carbocycles. The lowest BCUT2D eigenvalue weighted by molar-refractivity contribution is 0.583. The zero-order valence-electron chi connectivity index (χ0n) is 20.6. The van der Waals surface area contributed by atoms with Gasteiger partial charge in [-0.15, -0.1) is 0 Å². The SMILES string of the molecule is Fc1cc(F)cc(-c2c3nc(cc4ccc([nH]4)c(-c4cc(F)cc(F)c4)c4ccc(cc5nc2C=C5)[nH]4)C=C3)c1. The molecule has 0 amide bonds. The highest BCUT2D eigenvalue weighted by Crippen LogP contribution is 2.33. The lowest BCUT2D eigenvalue weighted by Crippen LogP contribution is -1.91. The summed E-state index contributed by atoms with van der Waals surface area (Å²) in [6, 6.07) is 17.7. The van der Waals surface area contributed by atoms with E-state index in [2.05, 4.69) is 9.97 Å². The molecule has 8 bridgehead atoms. The van der Waals surface area contributed by atoms with Crippen LogP contribution in [0.3, 0.4) is 0 Å². The van der Waals surface area contributed by atoms with Gasteiger partial charge < -0.3 is 9.97 Å². The molecule has 8 heteroatoms. The van der Waals surface area contributed by atoms with Gasteiger partial charge in [0.2, 0.25) is 0 Å². The third-order valence-corrected chi connectivity index (χ3v) is 6.70. The average Bonchev–Trinajstić information content (AvgIpc) is 3.69. The Morgan fingerprint density at radius 3 is 1.32 bits per heavy atom. The van der Waals surface area contributed by atoms with Crippen molar-refractivity contribution in [2.24, 2.45) is 0 Å². The van der Waals surface area contributed by atoms with E-state index in [1.54, 1.807) is 24.3 Å². The van der Waals surface area contributed by atoms with E-state index in [0.29, 0.717) is 67.1 Å². The number of nitrogens with one attached hydrogen (secondary N) is 2. The van der Waals surface area contributed by atoms with E-state index in [1.807, 2.05) is 36.4 Å². The number of aromatic amines is 2. The maximum atomic E-state index is 14.2. The summed E-state index contributed by atoms with van der Waals surface area (Å²) in [6.45, 7) is 0. The van der Waals surface area contributed by atoms with Crippen molar-refractivity contribution < 1.29 is 17.6 Å². The predicted octanol–water partition coefficient (Wildman–Crippen LogP) is 8.55. The van der Waals surface area contributed by atoms with Crippen molar-refractivity contribution in [3.63, 3.8) is 0 Å². The molecule has 0 saturated heterocycles. The Hall–Kier alpha value is -5.24. The molecule has 194 valence electrons. The molecule has 2 aliphatic rings. The number of benzene rings is 2. The molecule has 0 radical (unpaired) electrons. The topological polar surface area (TPSA) is 57.4 Å². The second-order valence-corrected chi connectivity index (χ2v) is 9.52. The van der Waals surface area contributed by atoms with Crippen LogP contribution in [0.5, 0.6) is 0 Å². The van der Waals surface area contributed by atoms with E-state index in [-0.39, 0.29) is 0 Å². The molecule has 5 heterocycles. The highest BCUT2D eigenvalue weighted by molar-refractivity contribution is 5.94. The van der Waals surface area contributed by atoms with Crippen molar-refractivity contribution in [3.8, 4) is 22.3 Å². The maximum absolute atomic E-state index is 14.2. The van der Waals surface area contributed by atoms with Gasteiger partial charge in [0.15, 0.2) is 0 Å². The maximum Gasteiger partial charge on any atom is 0.126 e. The fraction of sp³-hybridized carbons (Fsp3) is 0. The van der Waals surface area contributed by atoms with Crippen LogP contribution < -0.4 is 0 Å². The Kier molecular flexibility index (Phi) is 5.48. The summed E-state index contributed by atoms with van der Waals surface area (Å²) in [5, 5.41) is 0. The summed E-state index contributed by atoms with van der Waals surface area (Å²) in [5.74, 6) is -2.76. The third-order valence-electron chi connectivity index (χ3n) is 6.70. The Balaban J connectivity index is 1.57. The minimum atomic E-state index is -0.700. The van der Waals surface area contributed by atoms with E-state index in [0.717, 1.165) is 12.1 Å². The molecule has 3 aromatic heterocycles. The Morgan fingerprint density at radius 1 is 0.450 bits per heavy atom. The van der Waals surface area contributed by atoms with Crippen molar-refractivity contribution in [3.05, 3.63) is 119 Å². The summed E-state index contributed by atoms with van der Waals surface area (Å²) in [5.41, 5.74) is 6.65. The van der Waals surface area contributed by atoms with Gasteiger partial charge in [-0.25, -0.2) is 27.5 Å². The summed E-state index contributed by atoms with van der Waals surface area (Å²) in [4.78, 5) is 16.1. The molecule has 2 aromatic carbocycles. The van der Waals surface area contributed by atoms with Gasteiger partial charge in [0.25, 0.3) is 0 Å². The summed E-state index contributed by atoms with van der Waals surface area (Å²) < 4.78 is 56.9. The Bertz CT molecular complexity index is 1930. The smallest absolute Gasteiger partial charge is 0.126 e. The molecule has 7 rings (SSSR count). The van der Waals surface area contributed by atoms with Crippen LogP contribution in [0.1, 0.15) is 22.8 Å². The first-order valence-corrected chi connectivity index (χ1v) is 12.4. The van der Waals surface area contributed by atoms with Gasteiger partial charge in [-0.2, -0.15) is 0 Å². The predicted molar refractivity (Wildman–Crippen MR) is 150 cm³/mol. The van der Waals surface area contributed by atoms with Crippen LogP contribution >= 0.6 is 0 Å². The first-order chi connectivity index (χ1) is 19.4. The summed E-state index contributed by atoms with van der Waals surface area (Å²) in [7, 11) is 0. The monoisotopic (exact) mass is 534 g/mol. The van der Waals surface area contributed by atoms with Gasteiger partial charge in [0.05, 0.1) is 22.8 Å². The van der Waals surface area contributed by atoms with Crippen LogP contribution in [0.15, 0.2) is 72.8 Å². The second kappa shape index (κ2) is 9.20. The molecule has 0 unspecified atom stereocenters. The number of aromatic nitrogens is 4. The normalized spacial score (nSPS) is 12.3. The lowest BCUT2D eigenvalue weighted by atomic mass is 10.0. The van der Waals surface area contributed by atoms with E-state index >= 15 is 0 Å². The van der Waals surface area contributed by atoms with Crippen LogP contribution in [0.25, 0.3) is 68.6 Å². The molecular formula is C32H18F4N4. The zero-order valence-corrected chi connectivity index (χ0v) is 20.6. The standard InChI is InChI=1S/C32H18F4N4/c33-19-9-17(10-20(34)13-19)31-27-5-1-23(37-27)15-24-2-6-29(38-24)32(18-11-21(35)14-22(36)12-18)30-8-4-26(40-30)16-25-3-7-28(31)39-25/h1-16,37,39H. The second-order valence-electron chi connectivity index (χ2n) is 9.52. The minimum Gasteiger partial charge on any atom is -0.355 e. The van der Waals surface area contributed by atoms with Crippen LogP contribution in [0, 0.1) is 23.3 Å². The first-order valence-electron chi connectivity index (χ1n) is 12.4. The Labute approximate surface area is 225 Å². The van der Waals surface area contributed by atoms with E-state index in [4.69, 9.17) is 9.97 Å². The molecule has 4 nitrogen and oxygen atoms in total. The third kappa shape index (κ3) is 4.39. The van der Waals surface area contributed by atoms with Crippen LogP contribution in [0.4, 0.5) is 17.6 Å². The van der Waals surface area contributed by atoms with Crippen molar-refractivity contribution in [1.82, 2.24) is 19.9 Å². The number of nitrogens with zero attached hydrogens (tertiary/aromatic N) is 2. The van der Waals surface area contributed by atoms with E-state index < -0.39 is 23.3 Å². The number of H-pyrrole nitrogens is 2. The van der Waals surface area contributed by atoms with Gasteiger partial charge in [-0.1, -0.05) is 0 Å². The summed E-state index contributed by atoms with van der Waals surface area (Å²) >= 11 is 0. The van der Waals surface area contributed by atoms with Gasteiger partial charge >= 0.3 is 0 Å². The number of fused-ring (bicyclic) bond motifs is 8. The van der Waals surface area contributed by atoms with E-state index in [1.165, 1.54) is 24.3 Å². The lowest BCUT2D eigenvalue weighted by Gasteiger charge is -2.05. The fourth-order valence-corrected chi connectivity index (χ4v) is 5.08. The van der Waals surface area contributed by atoms with Crippen molar-refractivity contribution in [1.29, 1.82) is 0 Å². The van der Waals surface area contributed by atoms with Crippen molar-refractivity contribution in [2.45, 2.75) is 0 Å². The van der Waals surface area contributed by atoms with Crippen LogP contribution in [0.2, 0.25) is 0 Å². The van der Waals surface area contributed by atoms with Gasteiger partial charge in [-0.05, 0) is 96.1 Å². The highest BCUT2D eigenvalue weighted by atomic mass is 19.1. The van der Waals surface area contributed by atoms with E-state index in [9.17, 15) is 17.6 Å². The molecule has 0 saturated carbocycles. The van der Waals surface area contributed by atoms with Crippen molar-refractivity contribution >= 4 is 46.4 Å². The van der Waals surface area contributed by atoms with Crippen LogP contribution in [-0.2, 0) is 0 Å². The quantitative estimate of drug-likeness (QED) is 0.218. The van der Waals surface area contributed by atoms with Crippen LogP contribution in [-0.4, -0.2) is 19.9 Å². The fourth-order valence-electron chi connectivity index (χ4n) is 5.08. The average molecular weight is 535 g/mol. The summed E-state index contributed by atoms with van der Waals surface area (Å²) in [6.07, 6.45) is 7.13. The van der Waals surface area contributed by atoms with Crippen molar-refractivity contribution in [2.75, 3.05) is 0 Å². The molecular weight excluding hydrogens is 516 g/mol. The number of hydrogen-bond acceptors (Lipinski definition) is 2. The van der Waals surface area contributed by atoms with Gasteiger partial charge in [0.1, 0.15) is 23.3 Å². The first kappa shape index (κ1) is 23.8. The minimum absolute atomic E-state index is 0.318. The molecule has 0 atom stereocenters. The number of halogens is 4. The zero-order chi connectivity index (χ0) is 27.4. The number of rotatable bonds is 2. The number of hydrogen-bond donors (Lipinski definition) is 2.